The summed E-state index contributed by atoms with van der Waals surface area (Å²) in [6.07, 6.45) is 2.90. The van der Waals surface area contributed by atoms with Gasteiger partial charge in [0, 0.05) is 7.11 Å². The Morgan fingerprint density at radius 2 is 2.21 bits per heavy atom. The van der Waals surface area contributed by atoms with Gasteiger partial charge in [-0.3, -0.25) is 4.98 Å². The number of aliphatic hydroxyl groups is 1. The molecule has 1 unspecified atom stereocenters. The molecule has 0 aliphatic carbocycles. The van der Waals surface area contributed by atoms with Crippen LogP contribution in [0.4, 0.5) is 0 Å². The minimum Gasteiger partial charge on any atom is -0.471 e. The van der Waals surface area contributed by atoms with Crippen LogP contribution in [0.15, 0.2) is 12.4 Å². The fraction of sp³-hybridized carbons (Fsp3) is 0.556. The van der Waals surface area contributed by atoms with Gasteiger partial charge in [-0.05, 0) is 6.92 Å². The lowest BCUT2D eigenvalue weighted by molar-refractivity contribution is 0.0885. The maximum absolute atomic E-state index is 8.73. The first-order valence-corrected chi connectivity index (χ1v) is 4.33. The number of aromatic nitrogens is 2. The van der Waals surface area contributed by atoms with Crippen LogP contribution in [-0.2, 0) is 11.3 Å². The van der Waals surface area contributed by atoms with Crippen molar-refractivity contribution in [2.24, 2.45) is 0 Å². The average molecular weight is 198 g/mol. The van der Waals surface area contributed by atoms with E-state index in [0.717, 1.165) is 0 Å². The molecular weight excluding hydrogens is 184 g/mol. The smallest absolute Gasteiger partial charge is 0.232 e. The molecule has 0 aromatic carbocycles. The minimum atomic E-state index is -0.110. The first-order chi connectivity index (χ1) is 6.76. The summed E-state index contributed by atoms with van der Waals surface area (Å²) in [5.74, 6) is 0.437. The quantitative estimate of drug-likeness (QED) is 0.741. The highest BCUT2D eigenvalue weighted by Gasteiger charge is 2.04. The Morgan fingerprint density at radius 1 is 1.43 bits per heavy atom. The van der Waals surface area contributed by atoms with Crippen LogP contribution in [0.1, 0.15) is 12.6 Å². The Bertz CT molecular complexity index is 263. The summed E-state index contributed by atoms with van der Waals surface area (Å²) in [5.41, 5.74) is 0.525. The van der Waals surface area contributed by atoms with E-state index in [1.807, 2.05) is 6.92 Å². The maximum Gasteiger partial charge on any atom is 0.232 e. The molecule has 5 heteroatoms. The summed E-state index contributed by atoms with van der Waals surface area (Å²) >= 11 is 0. The molecule has 1 atom stereocenters. The van der Waals surface area contributed by atoms with Gasteiger partial charge in [-0.1, -0.05) is 0 Å². The maximum atomic E-state index is 8.73. The molecule has 1 aromatic heterocycles. The van der Waals surface area contributed by atoms with Crippen LogP contribution in [0, 0.1) is 0 Å². The normalized spacial score (nSPS) is 12.5. The van der Waals surface area contributed by atoms with E-state index in [-0.39, 0.29) is 12.7 Å². The van der Waals surface area contributed by atoms with Gasteiger partial charge in [0.25, 0.3) is 0 Å². The van der Waals surface area contributed by atoms with Crippen LogP contribution < -0.4 is 4.74 Å². The molecule has 1 rings (SSSR count). The topological polar surface area (TPSA) is 64.5 Å². The van der Waals surface area contributed by atoms with Crippen molar-refractivity contribution in [3.8, 4) is 5.88 Å². The second-order valence-corrected chi connectivity index (χ2v) is 2.89. The Balaban J connectivity index is 2.50. The zero-order valence-corrected chi connectivity index (χ0v) is 8.30. The number of methoxy groups -OCH3 is 1. The summed E-state index contributed by atoms with van der Waals surface area (Å²) in [6.45, 7) is 2.27. The Morgan fingerprint density at radius 3 is 2.71 bits per heavy atom. The van der Waals surface area contributed by atoms with Gasteiger partial charge in [0.2, 0.25) is 5.88 Å². The van der Waals surface area contributed by atoms with Gasteiger partial charge in [0.1, 0.15) is 6.10 Å². The summed E-state index contributed by atoms with van der Waals surface area (Å²) < 4.78 is 10.3. The van der Waals surface area contributed by atoms with Crippen molar-refractivity contribution in [1.29, 1.82) is 0 Å². The van der Waals surface area contributed by atoms with E-state index in [1.165, 1.54) is 12.4 Å². The zero-order chi connectivity index (χ0) is 10.4. The van der Waals surface area contributed by atoms with Gasteiger partial charge in [0.05, 0.1) is 31.3 Å². The molecule has 0 saturated heterocycles. The highest BCUT2D eigenvalue weighted by molar-refractivity contribution is 5.06. The highest BCUT2D eigenvalue weighted by Crippen LogP contribution is 2.06. The molecule has 0 radical (unpaired) electrons. The lowest BCUT2D eigenvalue weighted by atomic mass is 10.4. The largest absolute Gasteiger partial charge is 0.471 e. The zero-order valence-electron chi connectivity index (χ0n) is 8.30. The Hall–Kier alpha value is -1.20. The molecule has 0 saturated carbocycles. The Labute approximate surface area is 82.7 Å². The number of aliphatic hydroxyl groups excluding tert-OH is 1. The van der Waals surface area contributed by atoms with E-state index in [2.05, 4.69) is 9.97 Å². The summed E-state index contributed by atoms with van der Waals surface area (Å²) in [6, 6.07) is 0. The molecule has 0 fully saturated rings. The molecular formula is C9H14N2O3. The molecule has 14 heavy (non-hydrogen) atoms. The second-order valence-electron chi connectivity index (χ2n) is 2.89. The van der Waals surface area contributed by atoms with E-state index >= 15 is 0 Å². The fourth-order valence-corrected chi connectivity index (χ4v) is 0.960. The molecule has 0 bridgehead atoms. The first kappa shape index (κ1) is 10.9. The number of rotatable bonds is 5. The molecule has 1 N–H and O–H groups in total. The highest BCUT2D eigenvalue weighted by atomic mass is 16.5. The van der Waals surface area contributed by atoms with E-state index in [0.29, 0.717) is 18.2 Å². The lowest BCUT2D eigenvalue weighted by Crippen LogP contribution is -2.18. The first-order valence-electron chi connectivity index (χ1n) is 4.33. The van der Waals surface area contributed by atoms with Crippen molar-refractivity contribution in [3.63, 3.8) is 0 Å². The van der Waals surface area contributed by atoms with Crippen molar-refractivity contribution >= 4 is 0 Å². The van der Waals surface area contributed by atoms with Crippen LogP contribution >= 0.6 is 0 Å². The predicted octanol–water partition coefficient (Wildman–Crippen LogP) is 0.383. The van der Waals surface area contributed by atoms with E-state index in [4.69, 9.17) is 14.6 Å². The second kappa shape index (κ2) is 5.51. The van der Waals surface area contributed by atoms with E-state index < -0.39 is 0 Å². The molecule has 1 aromatic rings. The third kappa shape index (κ3) is 3.27. The molecule has 0 aliphatic rings. The molecule has 0 spiro atoms. The minimum absolute atomic E-state index is 0.0609. The number of hydrogen-bond donors (Lipinski definition) is 1. The average Bonchev–Trinajstić information content (AvgIpc) is 2.19. The molecule has 1 heterocycles. The Kier molecular flexibility index (Phi) is 4.28. The number of nitrogens with zero attached hydrogens (tertiary/aromatic N) is 2. The van der Waals surface area contributed by atoms with Gasteiger partial charge in [-0.15, -0.1) is 0 Å². The van der Waals surface area contributed by atoms with Gasteiger partial charge in [-0.25, -0.2) is 4.98 Å². The van der Waals surface area contributed by atoms with E-state index in [9.17, 15) is 0 Å². The number of ether oxygens (including phenoxy) is 2. The SMILES string of the molecule is COCC(C)Oc1cnc(CO)cn1. The van der Waals surface area contributed by atoms with Gasteiger partial charge in [-0.2, -0.15) is 0 Å². The molecule has 78 valence electrons. The summed E-state index contributed by atoms with van der Waals surface area (Å²) in [5, 5.41) is 8.73. The predicted molar refractivity (Wildman–Crippen MR) is 49.9 cm³/mol. The fourth-order valence-electron chi connectivity index (χ4n) is 0.960. The standard InChI is InChI=1S/C9H14N2O3/c1-7(6-13-2)14-9-4-10-8(5-12)3-11-9/h3-4,7,12H,5-6H2,1-2H3. The van der Waals surface area contributed by atoms with Gasteiger partial charge < -0.3 is 14.6 Å². The molecule has 5 nitrogen and oxygen atoms in total. The van der Waals surface area contributed by atoms with Crippen LogP contribution in [0.25, 0.3) is 0 Å². The monoisotopic (exact) mass is 198 g/mol. The van der Waals surface area contributed by atoms with Crippen LogP contribution in [-0.4, -0.2) is 34.9 Å². The molecule has 0 amide bonds. The van der Waals surface area contributed by atoms with Crippen molar-refractivity contribution in [2.75, 3.05) is 13.7 Å². The van der Waals surface area contributed by atoms with Crippen molar-refractivity contribution in [1.82, 2.24) is 9.97 Å². The van der Waals surface area contributed by atoms with Crippen LogP contribution in [0.2, 0.25) is 0 Å². The third-order valence-corrected chi connectivity index (χ3v) is 1.57. The van der Waals surface area contributed by atoms with Gasteiger partial charge >= 0.3 is 0 Å². The number of hydrogen-bond acceptors (Lipinski definition) is 5. The summed E-state index contributed by atoms with van der Waals surface area (Å²) in [7, 11) is 1.61. The summed E-state index contributed by atoms with van der Waals surface area (Å²) in [4.78, 5) is 7.90. The van der Waals surface area contributed by atoms with Crippen molar-refractivity contribution in [3.05, 3.63) is 18.1 Å². The third-order valence-electron chi connectivity index (χ3n) is 1.57. The van der Waals surface area contributed by atoms with Crippen LogP contribution in [0.5, 0.6) is 5.88 Å². The lowest BCUT2D eigenvalue weighted by Gasteiger charge is -2.11. The van der Waals surface area contributed by atoms with Crippen molar-refractivity contribution < 1.29 is 14.6 Å². The van der Waals surface area contributed by atoms with E-state index in [1.54, 1.807) is 7.11 Å². The van der Waals surface area contributed by atoms with Crippen molar-refractivity contribution in [2.45, 2.75) is 19.6 Å². The van der Waals surface area contributed by atoms with Gasteiger partial charge in [0.15, 0.2) is 0 Å². The molecule has 0 aliphatic heterocycles. The van der Waals surface area contributed by atoms with Crippen LogP contribution in [0.3, 0.4) is 0 Å².